The molecule has 13 nitrogen and oxygen atoms in total. The molecule has 0 unspecified atom stereocenters. The zero-order chi connectivity index (χ0) is 38.3. The van der Waals surface area contributed by atoms with Crippen LogP contribution in [0.4, 0.5) is 11.4 Å². The molecule has 55 heavy (non-hydrogen) atoms. The average molecular weight is 745 g/mol. The summed E-state index contributed by atoms with van der Waals surface area (Å²) in [5.41, 5.74) is 4.25. The van der Waals surface area contributed by atoms with Crippen molar-refractivity contribution in [3.8, 4) is 11.5 Å². The van der Waals surface area contributed by atoms with Crippen molar-refractivity contribution < 1.29 is 28.2 Å². The molecule has 7 rings (SSSR count). The second-order valence-electron chi connectivity index (χ2n) is 13.5. The van der Waals surface area contributed by atoms with Gasteiger partial charge in [-0.3, -0.25) is 28.9 Å². The lowest BCUT2D eigenvalue weighted by Gasteiger charge is -2.30. The molecule has 0 bridgehead atoms. The lowest BCUT2D eigenvalue weighted by atomic mass is 10.1. The van der Waals surface area contributed by atoms with Crippen molar-refractivity contribution in [2.24, 2.45) is 7.05 Å². The molecule has 4 aromatic carbocycles. The van der Waals surface area contributed by atoms with E-state index in [1.807, 2.05) is 42.2 Å². The number of nitrogens with one attached hydrogen (secondary N) is 2. The van der Waals surface area contributed by atoms with Gasteiger partial charge in [-0.1, -0.05) is 30.3 Å². The molecule has 2 N–H and O–H groups in total. The molecule has 1 aliphatic heterocycles. The van der Waals surface area contributed by atoms with Crippen LogP contribution >= 0.6 is 0 Å². The predicted octanol–water partition coefficient (Wildman–Crippen LogP) is 5.58. The van der Waals surface area contributed by atoms with Crippen LogP contribution in [0, 0.1) is 0 Å². The van der Waals surface area contributed by atoms with Crippen molar-refractivity contribution in [3.63, 3.8) is 0 Å². The van der Waals surface area contributed by atoms with Crippen molar-refractivity contribution in [3.05, 3.63) is 124 Å². The summed E-state index contributed by atoms with van der Waals surface area (Å²) in [7, 11) is 4.87. The van der Waals surface area contributed by atoms with Crippen molar-refractivity contribution in [2.45, 2.75) is 13.0 Å². The standard InChI is InChI=1S/C42H44N6O7/c1-46-35-13-10-29(22-30(35)26-43-46)27-48(17-16-47-18-20-54-21-19-47)15-14-28-8-11-31(12-9-28)44-41(50)33-23-38(52-2)39(53-3)24-34(33)45-42(51)40-25-36(49)32-6-4-5-7-37(32)55-40/h4-13,22-26H,14-21,27H2,1-3H3,(H,44,50)(H,45,51). The molecule has 1 aliphatic rings. The number of rotatable bonds is 14. The van der Waals surface area contributed by atoms with Crippen molar-refractivity contribution in [1.29, 1.82) is 0 Å². The normalized spacial score (nSPS) is 13.3. The third-order valence-corrected chi connectivity index (χ3v) is 9.86. The fourth-order valence-corrected chi connectivity index (χ4v) is 6.76. The van der Waals surface area contributed by atoms with Crippen LogP contribution in [0.5, 0.6) is 11.5 Å². The van der Waals surface area contributed by atoms with E-state index >= 15 is 0 Å². The summed E-state index contributed by atoms with van der Waals surface area (Å²) >= 11 is 0. The van der Waals surface area contributed by atoms with Gasteiger partial charge in [0.05, 0.1) is 55.8 Å². The van der Waals surface area contributed by atoms with Crippen LogP contribution in [0.1, 0.15) is 32.0 Å². The van der Waals surface area contributed by atoms with Gasteiger partial charge in [-0.05, 0) is 60.0 Å². The lowest BCUT2D eigenvalue weighted by Crippen LogP contribution is -2.41. The van der Waals surface area contributed by atoms with Gasteiger partial charge in [-0.15, -0.1) is 0 Å². The molecule has 2 aromatic heterocycles. The highest BCUT2D eigenvalue weighted by Crippen LogP contribution is 2.34. The van der Waals surface area contributed by atoms with Gasteiger partial charge in [-0.25, -0.2) is 0 Å². The molecule has 0 saturated carbocycles. The number of morpholine rings is 1. The monoisotopic (exact) mass is 744 g/mol. The maximum atomic E-state index is 13.8. The maximum absolute atomic E-state index is 13.8. The predicted molar refractivity (Wildman–Crippen MR) is 211 cm³/mol. The van der Waals surface area contributed by atoms with E-state index < -0.39 is 11.8 Å². The van der Waals surface area contributed by atoms with Crippen LogP contribution in [-0.2, 0) is 24.8 Å². The number of nitrogens with zero attached hydrogens (tertiary/aromatic N) is 4. The molecular formula is C42H44N6O7. The summed E-state index contributed by atoms with van der Waals surface area (Å²) in [6, 6.07) is 25.1. The van der Waals surface area contributed by atoms with Gasteiger partial charge in [0.25, 0.3) is 11.8 Å². The van der Waals surface area contributed by atoms with Crippen LogP contribution in [0.2, 0.25) is 0 Å². The van der Waals surface area contributed by atoms with Gasteiger partial charge < -0.3 is 29.3 Å². The second-order valence-corrected chi connectivity index (χ2v) is 13.5. The second kappa shape index (κ2) is 17.0. The van der Waals surface area contributed by atoms with Crippen molar-refractivity contribution in [1.82, 2.24) is 19.6 Å². The first-order valence-corrected chi connectivity index (χ1v) is 18.2. The first kappa shape index (κ1) is 37.3. The number of aromatic nitrogens is 2. The Kier molecular flexibility index (Phi) is 11.5. The highest BCUT2D eigenvalue weighted by molar-refractivity contribution is 6.12. The molecule has 3 heterocycles. The molecule has 0 spiro atoms. The Hall–Kier alpha value is -6.02. The van der Waals surface area contributed by atoms with E-state index in [1.54, 1.807) is 24.3 Å². The van der Waals surface area contributed by atoms with Gasteiger partial charge in [0.2, 0.25) is 0 Å². The molecule has 0 atom stereocenters. The van der Waals surface area contributed by atoms with Crippen LogP contribution in [0.3, 0.4) is 0 Å². The Morgan fingerprint density at radius 3 is 2.38 bits per heavy atom. The Bertz CT molecular complexity index is 2370. The van der Waals surface area contributed by atoms with E-state index in [2.05, 4.69) is 43.7 Å². The molecule has 284 valence electrons. The van der Waals surface area contributed by atoms with Crippen LogP contribution in [-0.4, -0.2) is 91.6 Å². The van der Waals surface area contributed by atoms with Gasteiger partial charge in [0.1, 0.15) is 5.58 Å². The molecular weight excluding hydrogens is 700 g/mol. The highest BCUT2D eigenvalue weighted by Gasteiger charge is 2.21. The third kappa shape index (κ3) is 8.86. The topological polar surface area (TPSA) is 140 Å². The minimum absolute atomic E-state index is 0.124. The van der Waals surface area contributed by atoms with E-state index in [-0.39, 0.29) is 28.0 Å². The Labute approximate surface area is 318 Å². The molecule has 0 radical (unpaired) electrons. The molecule has 2 amide bonds. The zero-order valence-corrected chi connectivity index (χ0v) is 31.2. The number of anilines is 2. The van der Waals surface area contributed by atoms with Crippen molar-refractivity contribution >= 4 is 45.1 Å². The number of fused-ring (bicyclic) bond motifs is 2. The van der Waals surface area contributed by atoms with Gasteiger partial charge in [0, 0.05) is 69.5 Å². The Morgan fingerprint density at radius 1 is 0.855 bits per heavy atom. The number of benzene rings is 4. The summed E-state index contributed by atoms with van der Waals surface area (Å²) in [5.74, 6) is -0.782. The Balaban J connectivity index is 1.04. The number of methoxy groups -OCH3 is 2. The van der Waals surface area contributed by atoms with E-state index in [0.29, 0.717) is 22.6 Å². The molecule has 13 heteroatoms. The summed E-state index contributed by atoms with van der Waals surface area (Å²) < 4.78 is 24.1. The smallest absolute Gasteiger partial charge is 0.291 e. The number of para-hydroxylation sites is 1. The van der Waals surface area contributed by atoms with E-state index in [0.717, 1.165) is 81.4 Å². The Morgan fingerprint density at radius 2 is 1.60 bits per heavy atom. The summed E-state index contributed by atoms with van der Waals surface area (Å²) in [4.78, 5) is 44.7. The fraction of sp³-hybridized carbons (Fsp3) is 0.286. The van der Waals surface area contributed by atoms with Crippen LogP contribution < -0.4 is 25.5 Å². The van der Waals surface area contributed by atoms with E-state index in [4.69, 9.17) is 18.6 Å². The summed E-state index contributed by atoms with van der Waals surface area (Å²) in [6.45, 7) is 7.01. The summed E-state index contributed by atoms with van der Waals surface area (Å²) in [6.07, 6.45) is 2.73. The minimum Gasteiger partial charge on any atom is -0.493 e. The van der Waals surface area contributed by atoms with Gasteiger partial charge in [0.15, 0.2) is 22.7 Å². The number of amides is 2. The van der Waals surface area contributed by atoms with E-state index in [9.17, 15) is 14.4 Å². The number of ether oxygens (including phenoxy) is 3. The van der Waals surface area contributed by atoms with Crippen molar-refractivity contribution in [2.75, 3.05) is 70.8 Å². The quantitative estimate of drug-likeness (QED) is 0.145. The zero-order valence-electron chi connectivity index (χ0n) is 31.2. The van der Waals surface area contributed by atoms with Gasteiger partial charge >= 0.3 is 0 Å². The lowest BCUT2D eigenvalue weighted by molar-refractivity contribution is 0.0330. The fourth-order valence-electron chi connectivity index (χ4n) is 6.76. The number of hydrogen-bond acceptors (Lipinski definition) is 10. The van der Waals surface area contributed by atoms with Crippen LogP contribution in [0.15, 0.2) is 100 Å². The minimum atomic E-state index is -0.704. The average Bonchev–Trinajstić information content (AvgIpc) is 3.58. The number of carbonyl (C=O) groups is 2. The number of carbonyl (C=O) groups excluding carboxylic acids is 2. The SMILES string of the molecule is COc1cc(NC(=O)c2cc(=O)c3ccccc3o2)c(C(=O)Nc2ccc(CCN(CCN3CCOCC3)Cc3ccc4c(cnn4C)c3)cc2)cc1OC. The highest BCUT2D eigenvalue weighted by atomic mass is 16.5. The third-order valence-electron chi connectivity index (χ3n) is 9.86. The van der Waals surface area contributed by atoms with E-state index in [1.165, 1.54) is 31.9 Å². The van der Waals surface area contributed by atoms with Crippen LogP contribution in [0.25, 0.3) is 21.9 Å². The molecule has 1 saturated heterocycles. The molecule has 0 aliphatic carbocycles. The maximum Gasteiger partial charge on any atom is 0.291 e. The molecule has 1 fully saturated rings. The molecule has 6 aromatic rings. The first-order valence-electron chi connectivity index (χ1n) is 18.2. The number of hydrogen-bond donors (Lipinski definition) is 2. The number of aryl methyl sites for hydroxylation is 1. The first-order chi connectivity index (χ1) is 26.8. The van der Waals surface area contributed by atoms with Gasteiger partial charge in [-0.2, -0.15) is 5.10 Å². The largest absolute Gasteiger partial charge is 0.493 e. The summed E-state index contributed by atoms with van der Waals surface area (Å²) in [5, 5.41) is 11.5.